The van der Waals surface area contributed by atoms with E-state index in [9.17, 15) is 19.6 Å². The molecule has 1 aliphatic heterocycles. The molecule has 2 aromatic rings. The van der Waals surface area contributed by atoms with Gasteiger partial charge in [-0.3, -0.25) is 14.4 Å². The largest absolute Gasteiger partial charge is 0.497 e. The van der Waals surface area contributed by atoms with Gasteiger partial charge < -0.3 is 20.1 Å². The maximum Gasteiger partial charge on any atom is 0.319 e. The monoisotopic (exact) mass is 465 g/mol. The molecule has 2 atom stereocenters. The first-order valence-corrected chi connectivity index (χ1v) is 11.0. The number of hydrogen-bond acceptors (Lipinski definition) is 7. The molecule has 2 unspecified atom stereocenters. The molecule has 1 aliphatic rings. The predicted octanol–water partition coefficient (Wildman–Crippen LogP) is 3.11. The molecule has 1 heterocycles. The number of aryl methyl sites for hydroxylation is 1. The Balaban J connectivity index is 1.86. The van der Waals surface area contributed by atoms with E-state index in [1.807, 2.05) is 19.1 Å². The van der Waals surface area contributed by atoms with Crippen LogP contribution < -0.4 is 15.4 Å². The summed E-state index contributed by atoms with van der Waals surface area (Å²) in [6, 6.07) is 16.3. The lowest BCUT2D eigenvalue weighted by Gasteiger charge is -2.31. The number of esters is 1. The van der Waals surface area contributed by atoms with Crippen LogP contribution in [0.25, 0.3) is 0 Å². The Morgan fingerprint density at radius 3 is 2.55 bits per heavy atom. The second-order valence-electron chi connectivity index (χ2n) is 7.30. The second-order valence-corrected chi connectivity index (χ2v) is 8.29. The number of anilines is 1. The van der Waals surface area contributed by atoms with Gasteiger partial charge in [0.05, 0.1) is 36.6 Å². The molecule has 2 N–H and O–H groups in total. The fraction of sp³-hybridized carbons (Fsp3) is 0.250. The lowest BCUT2D eigenvalue weighted by atomic mass is 9.78. The number of hydrogen-bond donors (Lipinski definition) is 2. The molecule has 8 nitrogen and oxygen atoms in total. The van der Waals surface area contributed by atoms with Crippen molar-refractivity contribution in [3.05, 3.63) is 70.3 Å². The normalized spacial score (nSPS) is 17.6. The third kappa shape index (κ3) is 5.54. The van der Waals surface area contributed by atoms with Gasteiger partial charge in [-0.05, 0) is 24.6 Å². The number of nitriles is 1. The third-order valence-electron chi connectivity index (χ3n) is 5.12. The van der Waals surface area contributed by atoms with Crippen LogP contribution in [0.2, 0.25) is 0 Å². The molecule has 0 aliphatic carbocycles. The van der Waals surface area contributed by atoms with Crippen LogP contribution in [0.1, 0.15) is 17.0 Å². The minimum atomic E-state index is -1.21. The maximum absolute atomic E-state index is 12.8. The van der Waals surface area contributed by atoms with Crippen LogP contribution in [0.3, 0.4) is 0 Å². The zero-order valence-corrected chi connectivity index (χ0v) is 19.2. The molecule has 9 heteroatoms. The maximum atomic E-state index is 12.8. The van der Waals surface area contributed by atoms with E-state index < -0.39 is 23.7 Å². The highest BCUT2D eigenvalue weighted by atomic mass is 32.2. The van der Waals surface area contributed by atoms with Crippen molar-refractivity contribution < 1.29 is 23.9 Å². The van der Waals surface area contributed by atoms with Gasteiger partial charge in [0.1, 0.15) is 11.7 Å². The van der Waals surface area contributed by atoms with E-state index >= 15 is 0 Å². The van der Waals surface area contributed by atoms with Gasteiger partial charge in [0.25, 0.3) is 0 Å². The molecule has 2 amide bonds. The van der Waals surface area contributed by atoms with Crippen LogP contribution in [0.15, 0.2) is 59.1 Å². The first kappa shape index (κ1) is 23.9. The van der Waals surface area contributed by atoms with E-state index in [-0.39, 0.29) is 22.3 Å². The summed E-state index contributed by atoms with van der Waals surface area (Å²) in [5, 5.41) is 15.5. The first-order valence-electron chi connectivity index (χ1n) is 10.0. The van der Waals surface area contributed by atoms with Crippen molar-refractivity contribution in [2.45, 2.75) is 12.8 Å². The average Bonchev–Trinajstić information content (AvgIpc) is 2.82. The third-order valence-corrected chi connectivity index (χ3v) is 6.14. The second kappa shape index (κ2) is 10.7. The molecule has 170 valence electrons. The number of thioether (sulfide) groups is 1. The van der Waals surface area contributed by atoms with Crippen molar-refractivity contribution in [1.29, 1.82) is 5.26 Å². The molecule has 0 fully saturated rings. The van der Waals surface area contributed by atoms with Crippen molar-refractivity contribution in [2.75, 3.05) is 25.3 Å². The number of allylic oxidation sites excluding steroid dienone is 1. The van der Waals surface area contributed by atoms with Crippen LogP contribution in [0, 0.1) is 24.2 Å². The molecule has 0 bridgehead atoms. The SMILES string of the molecule is COC(=O)C1C(=O)NC(SCC(=O)Nc2cccc(OC)c2)=C(C#N)C1c1ccc(C)cc1. The lowest BCUT2D eigenvalue weighted by Crippen LogP contribution is -2.44. The highest BCUT2D eigenvalue weighted by Gasteiger charge is 2.44. The minimum absolute atomic E-state index is 0.0541. The summed E-state index contributed by atoms with van der Waals surface area (Å²) < 4.78 is 9.98. The van der Waals surface area contributed by atoms with Gasteiger partial charge in [0, 0.05) is 17.7 Å². The van der Waals surface area contributed by atoms with Crippen LogP contribution in [-0.2, 0) is 19.1 Å². The number of carbonyl (C=O) groups is 3. The quantitative estimate of drug-likeness (QED) is 0.476. The zero-order chi connectivity index (χ0) is 24.0. The Labute approximate surface area is 195 Å². The zero-order valence-electron chi connectivity index (χ0n) is 18.4. The fourth-order valence-electron chi connectivity index (χ4n) is 3.49. The van der Waals surface area contributed by atoms with Crippen LogP contribution >= 0.6 is 11.8 Å². The topological polar surface area (TPSA) is 118 Å². The predicted molar refractivity (Wildman–Crippen MR) is 124 cm³/mol. The Morgan fingerprint density at radius 2 is 1.91 bits per heavy atom. The van der Waals surface area contributed by atoms with E-state index in [0.29, 0.717) is 17.0 Å². The van der Waals surface area contributed by atoms with E-state index in [4.69, 9.17) is 9.47 Å². The number of nitrogens with one attached hydrogen (secondary N) is 2. The number of nitrogens with zero attached hydrogens (tertiary/aromatic N) is 1. The average molecular weight is 466 g/mol. The Morgan fingerprint density at radius 1 is 1.18 bits per heavy atom. The summed E-state index contributed by atoms with van der Waals surface area (Å²) in [6.07, 6.45) is 0. The molecule has 0 radical (unpaired) electrons. The molecular formula is C24H23N3O5S. The van der Waals surface area contributed by atoms with Crippen molar-refractivity contribution in [3.63, 3.8) is 0 Å². The van der Waals surface area contributed by atoms with E-state index in [1.165, 1.54) is 14.2 Å². The lowest BCUT2D eigenvalue weighted by molar-refractivity contribution is -0.150. The summed E-state index contributed by atoms with van der Waals surface area (Å²) in [7, 11) is 2.73. The Hall–Kier alpha value is -3.77. The molecule has 2 aromatic carbocycles. The van der Waals surface area contributed by atoms with Crippen molar-refractivity contribution in [2.24, 2.45) is 5.92 Å². The van der Waals surface area contributed by atoms with Gasteiger partial charge in [-0.2, -0.15) is 5.26 Å². The number of amides is 2. The van der Waals surface area contributed by atoms with E-state index in [2.05, 4.69) is 16.7 Å². The minimum Gasteiger partial charge on any atom is -0.497 e. The van der Waals surface area contributed by atoms with Gasteiger partial charge in [-0.1, -0.05) is 47.7 Å². The van der Waals surface area contributed by atoms with Crippen LogP contribution in [0.4, 0.5) is 5.69 Å². The van der Waals surface area contributed by atoms with Crippen molar-refractivity contribution >= 4 is 35.2 Å². The number of benzene rings is 2. The number of carbonyl (C=O) groups excluding carboxylic acids is 3. The molecular weight excluding hydrogens is 442 g/mol. The van der Waals surface area contributed by atoms with Gasteiger partial charge in [0.15, 0.2) is 0 Å². The summed E-state index contributed by atoms with van der Waals surface area (Å²) in [5.41, 5.74) is 2.40. The Bertz CT molecular complexity index is 1140. The summed E-state index contributed by atoms with van der Waals surface area (Å²) in [4.78, 5) is 37.7. The van der Waals surface area contributed by atoms with Gasteiger partial charge in [-0.15, -0.1) is 0 Å². The molecule has 33 heavy (non-hydrogen) atoms. The molecule has 3 rings (SSSR count). The molecule has 0 saturated carbocycles. The van der Waals surface area contributed by atoms with Gasteiger partial charge in [0.2, 0.25) is 11.8 Å². The smallest absolute Gasteiger partial charge is 0.319 e. The highest BCUT2D eigenvalue weighted by molar-refractivity contribution is 8.03. The summed E-state index contributed by atoms with van der Waals surface area (Å²) in [6.45, 7) is 1.92. The number of methoxy groups -OCH3 is 2. The van der Waals surface area contributed by atoms with Crippen molar-refractivity contribution in [3.8, 4) is 11.8 Å². The van der Waals surface area contributed by atoms with Gasteiger partial charge >= 0.3 is 5.97 Å². The number of rotatable bonds is 7. The fourth-order valence-corrected chi connectivity index (χ4v) is 4.34. The van der Waals surface area contributed by atoms with Crippen LogP contribution in [-0.4, -0.2) is 37.8 Å². The first-order chi connectivity index (χ1) is 15.9. The van der Waals surface area contributed by atoms with E-state index in [0.717, 1.165) is 17.3 Å². The molecule has 0 spiro atoms. The summed E-state index contributed by atoms with van der Waals surface area (Å²) in [5.74, 6) is -3.11. The van der Waals surface area contributed by atoms with Gasteiger partial charge in [-0.25, -0.2) is 0 Å². The standard InChI is InChI=1S/C24H23N3O5S/c1-14-7-9-15(10-8-14)20-18(12-25)23(27-22(29)21(20)24(30)32-3)33-13-19(28)26-16-5-4-6-17(11-16)31-2/h4-11,20-21H,13H2,1-3H3,(H,26,28)(H,27,29). The molecule has 0 saturated heterocycles. The van der Waals surface area contributed by atoms with Crippen molar-refractivity contribution in [1.82, 2.24) is 5.32 Å². The van der Waals surface area contributed by atoms with Crippen LogP contribution in [0.5, 0.6) is 5.75 Å². The summed E-state index contributed by atoms with van der Waals surface area (Å²) >= 11 is 1.02. The number of ether oxygens (including phenoxy) is 2. The molecule has 0 aromatic heterocycles. The van der Waals surface area contributed by atoms with E-state index in [1.54, 1.807) is 36.4 Å². The Kier molecular flexibility index (Phi) is 7.74. The highest BCUT2D eigenvalue weighted by Crippen LogP contribution is 2.40.